The monoisotopic (exact) mass is 210 g/mol. The molecule has 0 aliphatic rings. The van der Waals surface area contributed by atoms with E-state index in [4.69, 9.17) is 0 Å². The molecule has 0 heterocycles. The van der Waals surface area contributed by atoms with E-state index in [2.05, 4.69) is 10.2 Å². The molecule has 0 aliphatic carbocycles. The van der Waals surface area contributed by atoms with Crippen LogP contribution in [0, 0.1) is 20.2 Å². The first kappa shape index (κ1) is 10.7. The first-order chi connectivity index (χ1) is 7.06. The lowest BCUT2D eigenvalue weighted by Crippen LogP contribution is -1.92. The minimum absolute atomic E-state index is 0.00639. The van der Waals surface area contributed by atoms with Gasteiger partial charge < -0.3 is 0 Å². The Morgan fingerprint density at radius 1 is 1.20 bits per heavy atom. The van der Waals surface area contributed by atoms with Crippen LogP contribution < -0.4 is 0 Å². The fourth-order valence-electron chi connectivity index (χ4n) is 0.964. The van der Waals surface area contributed by atoms with Gasteiger partial charge in [0, 0.05) is 13.1 Å². The Hall–Kier alpha value is -2.38. The minimum atomic E-state index is -0.739. The van der Waals surface area contributed by atoms with Gasteiger partial charge in [0.15, 0.2) is 5.69 Å². The molecule has 78 valence electrons. The Kier molecular flexibility index (Phi) is 3.01. The molecule has 15 heavy (non-hydrogen) atoms. The van der Waals surface area contributed by atoms with Gasteiger partial charge in [0.2, 0.25) is 0 Å². The summed E-state index contributed by atoms with van der Waals surface area (Å²) in [7, 11) is 1.35. The van der Waals surface area contributed by atoms with Gasteiger partial charge in [0.1, 0.15) is 0 Å². The van der Waals surface area contributed by atoms with Crippen molar-refractivity contribution < 1.29 is 9.85 Å². The zero-order chi connectivity index (χ0) is 11.4. The second kappa shape index (κ2) is 4.22. The normalized spacial score (nSPS) is 10.5. The lowest BCUT2D eigenvalue weighted by Gasteiger charge is -1.95. The second-order valence-electron chi connectivity index (χ2n) is 2.49. The Bertz CT molecular complexity index is 443. The lowest BCUT2D eigenvalue weighted by atomic mass is 10.2. The van der Waals surface area contributed by atoms with E-state index in [1.165, 1.54) is 13.1 Å². The van der Waals surface area contributed by atoms with Crippen LogP contribution in [0.3, 0.4) is 0 Å². The third kappa shape index (κ3) is 2.30. The molecule has 0 amide bonds. The van der Waals surface area contributed by atoms with Crippen molar-refractivity contribution in [2.24, 2.45) is 10.2 Å². The number of hydrogen-bond acceptors (Lipinski definition) is 6. The quantitative estimate of drug-likeness (QED) is 0.432. The Labute approximate surface area is 83.5 Å². The third-order valence-corrected chi connectivity index (χ3v) is 1.57. The van der Waals surface area contributed by atoms with Gasteiger partial charge in [0.25, 0.3) is 5.69 Å². The molecule has 0 radical (unpaired) electrons. The topological polar surface area (TPSA) is 111 Å². The largest absolute Gasteiger partial charge is 0.303 e. The van der Waals surface area contributed by atoms with Gasteiger partial charge >= 0.3 is 5.69 Å². The van der Waals surface area contributed by atoms with Crippen LogP contribution in [0.4, 0.5) is 17.1 Å². The fourth-order valence-corrected chi connectivity index (χ4v) is 0.964. The maximum atomic E-state index is 10.6. The van der Waals surface area contributed by atoms with E-state index in [1.807, 2.05) is 0 Å². The summed E-state index contributed by atoms with van der Waals surface area (Å²) in [4.78, 5) is 19.5. The smallest absolute Gasteiger partial charge is 0.258 e. The first-order valence-corrected chi connectivity index (χ1v) is 3.79. The third-order valence-electron chi connectivity index (χ3n) is 1.57. The molecule has 0 fully saturated rings. The average molecular weight is 210 g/mol. The number of hydrogen-bond donors (Lipinski definition) is 0. The number of nitro benzene ring substituents is 2. The fraction of sp³-hybridized carbons (Fsp3) is 0.143. The van der Waals surface area contributed by atoms with Crippen LogP contribution in [-0.2, 0) is 0 Å². The molecule has 1 rings (SSSR count). The maximum absolute atomic E-state index is 10.6. The highest BCUT2D eigenvalue weighted by Crippen LogP contribution is 2.31. The van der Waals surface area contributed by atoms with Gasteiger partial charge in [-0.3, -0.25) is 20.2 Å². The zero-order valence-electron chi connectivity index (χ0n) is 7.65. The van der Waals surface area contributed by atoms with Crippen LogP contribution in [0.1, 0.15) is 0 Å². The molecule has 0 unspecified atom stereocenters. The SMILES string of the molecule is C/N=N/c1ccc([N+](=O)[O-])cc1[N+](=O)[O-]. The summed E-state index contributed by atoms with van der Waals surface area (Å²) in [5.41, 5.74) is -0.792. The molecule has 0 saturated heterocycles. The molecule has 0 atom stereocenters. The number of nitrogens with zero attached hydrogens (tertiary/aromatic N) is 4. The Morgan fingerprint density at radius 2 is 1.87 bits per heavy atom. The predicted octanol–water partition coefficient (Wildman–Crippen LogP) is 2.22. The maximum Gasteiger partial charge on any atom is 0.303 e. The van der Waals surface area contributed by atoms with E-state index in [9.17, 15) is 20.2 Å². The molecule has 0 aliphatic heterocycles. The standard InChI is InChI=1S/C7H6N4O4/c1-8-9-6-3-2-5(10(12)13)4-7(6)11(14)15/h2-4H,1H3/b9-8+. The van der Waals surface area contributed by atoms with Crippen molar-refractivity contribution in [2.45, 2.75) is 0 Å². The first-order valence-electron chi connectivity index (χ1n) is 3.79. The highest BCUT2D eigenvalue weighted by Gasteiger charge is 2.18. The van der Waals surface area contributed by atoms with E-state index < -0.39 is 15.5 Å². The van der Waals surface area contributed by atoms with Gasteiger partial charge in [0.05, 0.1) is 15.9 Å². The van der Waals surface area contributed by atoms with Crippen molar-refractivity contribution >= 4 is 17.1 Å². The van der Waals surface area contributed by atoms with Gasteiger partial charge in [-0.1, -0.05) is 0 Å². The van der Waals surface area contributed by atoms with E-state index >= 15 is 0 Å². The minimum Gasteiger partial charge on any atom is -0.258 e. The molecular formula is C7H6N4O4. The summed E-state index contributed by atoms with van der Waals surface area (Å²) < 4.78 is 0. The molecule has 8 heteroatoms. The van der Waals surface area contributed by atoms with Crippen LogP contribution in [0.15, 0.2) is 28.4 Å². The van der Waals surface area contributed by atoms with E-state index in [1.54, 1.807) is 0 Å². The zero-order valence-corrected chi connectivity index (χ0v) is 7.65. The van der Waals surface area contributed by atoms with Crippen molar-refractivity contribution in [3.05, 3.63) is 38.4 Å². The predicted molar refractivity (Wildman–Crippen MR) is 50.2 cm³/mol. The van der Waals surface area contributed by atoms with Crippen molar-refractivity contribution in [1.82, 2.24) is 0 Å². The van der Waals surface area contributed by atoms with Crippen LogP contribution >= 0.6 is 0 Å². The summed E-state index contributed by atoms with van der Waals surface area (Å²) in [6.07, 6.45) is 0. The highest BCUT2D eigenvalue weighted by molar-refractivity contribution is 5.61. The van der Waals surface area contributed by atoms with Crippen molar-refractivity contribution in [3.8, 4) is 0 Å². The number of azo groups is 1. The van der Waals surface area contributed by atoms with Gasteiger partial charge in [-0.25, -0.2) is 0 Å². The van der Waals surface area contributed by atoms with Crippen LogP contribution in [0.2, 0.25) is 0 Å². The molecule has 0 spiro atoms. The molecule has 1 aromatic rings. The van der Waals surface area contributed by atoms with Crippen LogP contribution in [0.5, 0.6) is 0 Å². The van der Waals surface area contributed by atoms with Crippen LogP contribution in [0.25, 0.3) is 0 Å². The number of non-ortho nitro benzene ring substituents is 1. The Morgan fingerprint density at radius 3 is 2.33 bits per heavy atom. The number of benzene rings is 1. The van der Waals surface area contributed by atoms with E-state index in [0.717, 1.165) is 12.1 Å². The van der Waals surface area contributed by atoms with Gasteiger partial charge in [-0.2, -0.15) is 5.11 Å². The summed E-state index contributed by atoms with van der Waals surface area (Å²) in [5, 5.41) is 27.8. The molecule has 0 aromatic heterocycles. The second-order valence-corrected chi connectivity index (χ2v) is 2.49. The molecule has 8 nitrogen and oxygen atoms in total. The molecular weight excluding hydrogens is 204 g/mol. The highest BCUT2D eigenvalue weighted by atomic mass is 16.6. The molecule has 1 aromatic carbocycles. The summed E-state index contributed by atoms with van der Waals surface area (Å²) in [5.74, 6) is 0. The molecule has 0 N–H and O–H groups in total. The summed E-state index contributed by atoms with van der Waals surface area (Å²) in [6, 6.07) is 3.17. The van der Waals surface area contributed by atoms with Crippen molar-refractivity contribution in [2.75, 3.05) is 7.05 Å². The molecule has 0 bridgehead atoms. The van der Waals surface area contributed by atoms with Crippen molar-refractivity contribution in [1.29, 1.82) is 0 Å². The van der Waals surface area contributed by atoms with Gasteiger partial charge in [-0.05, 0) is 6.07 Å². The molecule has 0 saturated carbocycles. The van der Waals surface area contributed by atoms with Gasteiger partial charge in [-0.15, -0.1) is 5.11 Å². The van der Waals surface area contributed by atoms with Crippen LogP contribution in [-0.4, -0.2) is 16.9 Å². The van der Waals surface area contributed by atoms with E-state index in [0.29, 0.717) is 0 Å². The summed E-state index contributed by atoms with van der Waals surface area (Å²) in [6.45, 7) is 0. The van der Waals surface area contributed by atoms with Crippen molar-refractivity contribution in [3.63, 3.8) is 0 Å². The Balaban J connectivity index is 3.33. The average Bonchev–Trinajstić information content (AvgIpc) is 2.18. The summed E-state index contributed by atoms with van der Waals surface area (Å²) >= 11 is 0. The number of rotatable bonds is 3. The lowest BCUT2D eigenvalue weighted by molar-refractivity contribution is -0.393. The van der Waals surface area contributed by atoms with E-state index in [-0.39, 0.29) is 11.4 Å². The number of nitro groups is 2.